The molecule has 2 N–H and O–H groups in total. The molecule has 3 rings (SSSR count). The summed E-state index contributed by atoms with van der Waals surface area (Å²) in [6.45, 7) is 4.51. The van der Waals surface area contributed by atoms with E-state index in [4.69, 9.17) is 33.7 Å². The van der Waals surface area contributed by atoms with Crippen LogP contribution in [0.5, 0.6) is 0 Å². The van der Waals surface area contributed by atoms with Crippen molar-refractivity contribution < 1.29 is 14.3 Å². The lowest BCUT2D eigenvalue weighted by molar-refractivity contribution is -0.137. The van der Waals surface area contributed by atoms with Crippen molar-refractivity contribution >= 4 is 40.7 Å². The van der Waals surface area contributed by atoms with Crippen LogP contribution < -0.4 is 10.6 Å². The molecule has 2 unspecified atom stereocenters. The van der Waals surface area contributed by atoms with Gasteiger partial charge < -0.3 is 15.4 Å². The predicted octanol–water partition coefficient (Wildman–Crippen LogP) is 4.35. The zero-order chi connectivity index (χ0) is 20.4. The van der Waals surface area contributed by atoms with Crippen LogP contribution in [0.4, 0.5) is 5.69 Å². The van der Waals surface area contributed by atoms with Gasteiger partial charge in [-0.15, -0.1) is 0 Å². The fourth-order valence-electron chi connectivity index (χ4n) is 3.37. The first-order valence-electron chi connectivity index (χ1n) is 9.07. The number of halogens is 2. The van der Waals surface area contributed by atoms with Gasteiger partial charge in [0.1, 0.15) is 12.2 Å². The molecule has 5 nitrogen and oxygen atoms in total. The van der Waals surface area contributed by atoms with Crippen LogP contribution in [0.2, 0.25) is 10.0 Å². The molecular weight excluding hydrogens is 399 g/mol. The maximum Gasteiger partial charge on any atom is 0.256 e. The summed E-state index contributed by atoms with van der Waals surface area (Å²) in [5.74, 6) is -0.700. The summed E-state index contributed by atoms with van der Waals surface area (Å²) in [6, 6.07) is 12.6. The molecule has 28 heavy (non-hydrogen) atoms. The Hall–Kier alpha value is -2.08. The largest absolute Gasteiger partial charge is 0.370 e. The van der Waals surface area contributed by atoms with Crippen molar-refractivity contribution in [1.29, 1.82) is 0 Å². The molecule has 2 aromatic rings. The second kappa shape index (κ2) is 8.52. The number of benzene rings is 2. The minimum Gasteiger partial charge on any atom is -0.370 e. The van der Waals surface area contributed by atoms with Crippen LogP contribution in [-0.2, 0) is 14.3 Å². The number of primary amides is 1. The Morgan fingerprint density at radius 3 is 2.54 bits per heavy atom. The molecule has 0 radical (unpaired) electrons. The van der Waals surface area contributed by atoms with Crippen LogP contribution in [-0.4, -0.2) is 24.5 Å². The summed E-state index contributed by atoms with van der Waals surface area (Å²) in [6.07, 6.45) is -1.88. The molecule has 1 aliphatic rings. The number of ether oxygens (including phenoxy) is 1. The van der Waals surface area contributed by atoms with Crippen molar-refractivity contribution in [2.24, 2.45) is 11.7 Å². The normalized spacial score (nSPS) is 19.5. The SMILES string of the molecule is CC(C)CN1C(=O)C(CC(N)=O)OC(c2ccccc2Cl)c2cc(Cl)ccc21. The van der Waals surface area contributed by atoms with Crippen molar-refractivity contribution in [2.75, 3.05) is 11.4 Å². The highest BCUT2D eigenvalue weighted by atomic mass is 35.5. The summed E-state index contributed by atoms with van der Waals surface area (Å²) in [7, 11) is 0. The Bertz CT molecular complexity index is 901. The second-order valence-corrected chi connectivity index (χ2v) is 8.09. The molecule has 1 heterocycles. The fraction of sp³-hybridized carbons (Fsp3) is 0.333. The van der Waals surface area contributed by atoms with E-state index in [0.29, 0.717) is 27.8 Å². The van der Waals surface area contributed by atoms with E-state index >= 15 is 0 Å². The van der Waals surface area contributed by atoms with Gasteiger partial charge in [0.15, 0.2) is 0 Å². The Morgan fingerprint density at radius 2 is 1.89 bits per heavy atom. The molecule has 0 spiro atoms. The zero-order valence-electron chi connectivity index (χ0n) is 15.7. The van der Waals surface area contributed by atoms with Gasteiger partial charge in [0.2, 0.25) is 5.91 Å². The molecule has 0 saturated heterocycles. The summed E-state index contributed by atoms with van der Waals surface area (Å²) in [5, 5.41) is 1.02. The average Bonchev–Trinajstić information content (AvgIpc) is 2.72. The van der Waals surface area contributed by atoms with E-state index in [1.165, 1.54) is 0 Å². The van der Waals surface area contributed by atoms with Gasteiger partial charge in [-0.05, 0) is 30.2 Å². The van der Waals surface area contributed by atoms with Gasteiger partial charge in [0.05, 0.1) is 6.42 Å². The number of nitrogens with two attached hydrogens (primary N) is 1. The van der Waals surface area contributed by atoms with E-state index in [1.54, 1.807) is 29.2 Å². The monoisotopic (exact) mass is 420 g/mol. The van der Waals surface area contributed by atoms with Gasteiger partial charge in [0.25, 0.3) is 5.91 Å². The van der Waals surface area contributed by atoms with E-state index in [9.17, 15) is 9.59 Å². The summed E-state index contributed by atoms with van der Waals surface area (Å²) >= 11 is 12.7. The van der Waals surface area contributed by atoms with E-state index in [1.807, 2.05) is 32.0 Å². The number of carbonyl (C=O) groups excluding carboxylic acids is 2. The molecule has 0 aromatic heterocycles. The number of hydrogen-bond acceptors (Lipinski definition) is 3. The van der Waals surface area contributed by atoms with Crippen molar-refractivity contribution in [3.63, 3.8) is 0 Å². The highest BCUT2D eigenvalue weighted by Gasteiger charge is 2.38. The number of anilines is 1. The Labute approximate surface area is 174 Å². The van der Waals surface area contributed by atoms with Gasteiger partial charge in [0, 0.05) is 33.4 Å². The molecule has 0 aliphatic carbocycles. The lowest BCUT2D eigenvalue weighted by atomic mass is 9.99. The van der Waals surface area contributed by atoms with Crippen LogP contribution in [0.25, 0.3) is 0 Å². The molecule has 148 valence electrons. The van der Waals surface area contributed by atoms with Crippen molar-refractivity contribution in [3.05, 3.63) is 63.6 Å². The molecule has 0 saturated carbocycles. The van der Waals surface area contributed by atoms with Crippen molar-refractivity contribution in [1.82, 2.24) is 0 Å². The van der Waals surface area contributed by atoms with E-state index in [0.717, 1.165) is 5.56 Å². The number of rotatable bonds is 5. The highest BCUT2D eigenvalue weighted by molar-refractivity contribution is 6.31. The second-order valence-electron chi connectivity index (χ2n) is 7.24. The summed E-state index contributed by atoms with van der Waals surface area (Å²) < 4.78 is 6.16. The summed E-state index contributed by atoms with van der Waals surface area (Å²) in [5.41, 5.74) is 7.50. The smallest absolute Gasteiger partial charge is 0.256 e. The number of fused-ring (bicyclic) bond motifs is 1. The Kier molecular flexibility index (Phi) is 6.28. The zero-order valence-corrected chi connectivity index (χ0v) is 17.2. The standard InChI is InChI=1S/C21H22Cl2N2O3/c1-12(2)11-25-17-8-7-13(22)9-15(17)20(14-5-3-4-6-16(14)23)28-18(21(25)27)10-19(24)26/h3-9,12,18,20H,10-11H2,1-2H3,(H2,24,26). The molecule has 7 heteroatoms. The fourth-order valence-corrected chi connectivity index (χ4v) is 3.79. The molecule has 2 aromatic carbocycles. The first-order valence-corrected chi connectivity index (χ1v) is 9.82. The quantitative estimate of drug-likeness (QED) is 0.781. The molecule has 1 aliphatic heterocycles. The molecule has 2 atom stereocenters. The van der Waals surface area contributed by atoms with Gasteiger partial charge in [-0.3, -0.25) is 9.59 Å². The van der Waals surface area contributed by atoms with Gasteiger partial charge in [-0.25, -0.2) is 0 Å². The minimum atomic E-state index is -1.01. The summed E-state index contributed by atoms with van der Waals surface area (Å²) in [4.78, 5) is 26.5. The molecule has 0 bridgehead atoms. The molecule has 2 amide bonds. The maximum absolute atomic E-state index is 13.3. The molecule has 0 fully saturated rings. The number of hydrogen-bond donors (Lipinski definition) is 1. The first kappa shape index (κ1) is 20.6. The van der Waals surface area contributed by atoms with Crippen LogP contribution >= 0.6 is 23.2 Å². The lowest BCUT2D eigenvalue weighted by Crippen LogP contribution is -2.43. The lowest BCUT2D eigenvalue weighted by Gasteiger charge is -2.26. The van der Waals surface area contributed by atoms with Crippen molar-refractivity contribution in [2.45, 2.75) is 32.5 Å². The van der Waals surface area contributed by atoms with Crippen LogP contribution in [0.1, 0.15) is 37.5 Å². The average molecular weight is 421 g/mol. The Morgan fingerprint density at radius 1 is 1.18 bits per heavy atom. The third-order valence-electron chi connectivity index (χ3n) is 4.53. The predicted molar refractivity (Wildman–Crippen MR) is 111 cm³/mol. The molecular formula is C21H22Cl2N2O3. The van der Waals surface area contributed by atoms with E-state index in [-0.39, 0.29) is 18.2 Å². The van der Waals surface area contributed by atoms with Crippen LogP contribution in [0.3, 0.4) is 0 Å². The number of carbonyl (C=O) groups is 2. The topological polar surface area (TPSA) is 72.6 Å². The highest BCUT2D eigenvalue weighted by Crippen LogP contribution is 2.42. The van der Waals surface area contributed by atoms with Crippen molar-refractivity contribution in [3.8, 4) is 0 Å². The van der Waals surface area contributed by atoms with Gasteiger partial charge in [-0.1, -0.05) is 55.2 Å². The third kappa shape index (κ3) is 4.32. The minimum absolute atomic E-state index is 0.207. The number of amides is 2. The van der Waals surface area contributed by atoms with Gasteiger partial charge in [-0.2, -0.15) is 0 Å². The third-order valence-corrected chi connectivity index (χ3v) is 5.11. The van der Waals surface area contributed by atoms with Gasteiger partial charge >= 0.3 is 0 Å². The maximum atomic E-state index is 13.3. The number of nitrogens with zero attached hydrogens (tertiary/aromatic N) is 1. The first-order chi connectivity index (χ1) is 13.3. The van der Waals surface area contributed by atoms with E-state index in [2.05, 4.69) is 0 Å². The Balaban J connectivity index is 2.20. The van der Waals surface area contributed by atoms with Crippen LogP contribution in [0.15, 0.2) is 42.5 Å². The van der Waals surface area contributed by atoms with E-state index < -0.39 is 18.1 Å². The van der Waals surface area contributed by atoms with Crippen LogP contribution in [0, 0.1) is 5.92 Å².